The molecular formula is C18H36N2O. The molecule has 3 heteroatoms. The molecule has 0 spiro atoms. The molecule has 21 heavy (non-hydrogen) atoms. The summed E-state index contributed by atoms with van der Waals surface area (Å²) in [5, 5.41) is 0. The zero-order valence-electron chi connectivity index (χ0n) is 14.4. The highest BCUT2D eigenvalue weighted by Gasteiger charge is 2.25. The number of ether oxygens (including phenoxy) is 1. The molecule has 0 atom stereocenters. The van der Waals surface area contributed by atoms with Gasteiger partial charge in [0.25, 0.3) is 0 Å². The zero-order valence-corrected chi connectivity index (χ0v) is 14.4. The van der Waals surface area contributed by atoms with Gasteiger partial charge in [-0.2, -0.15) is 0 Å². The Hall–Kier alpha value is -0.120. The Balaban J connectivity index is 1.63. The van der Waals surface area contributed by atoms with Gasteiger partial charge in [0.05, 0.1) is 0 Å². The molecule has 124 valence electrons. The largest absolute Gasteiger partial charge is 0.381 e. The van der Waals surface area contributed by atoms with Gasteiger partial charge < -0.3 is 9.64 Å². The Labute approximate surface area is 132 Å². The van der Waals surface area contributed by atoms with Gasteiger partial charge in [-0.15, -0.1) is 0 Å². The van der Waals surface area contributed by atoms with Crippen molar-refractivity contribution < 1.29 is 4.74 Å². The molecule has 2 rings (SSSR count). The smallest absolute Gasteiger partial charge is 0.0480 e. The molecule has 2 fully saturated rings. The lowest BCUT2D eigenvalue weighted by Gasteiger charge is -2.41. The molecule has 0 unspecified atom stereocenters. The van der Waals surface area contributed by atoms with E-state index >= 15 is 0 Å². The van der Waals surface area contributed by atoms with E-state index in [1.54, 1.807) is 0 Å². The van der Waals surface area contributed by atoms with E-state index in [0.717, 1.165) is 25.2 Å². The Morgan fingerprint density at radius 2 is 1.52 bits per heavy atom. The van der Waals surface area contributed by atoms with Gasteiger partial charge in [0.1, 0.15) is 0 Å². The Bertz CT molecular complexity index is 252. The summed E-state index contributed by atoms with van der Waals surface area (Å²) in [7, 11) is 0. The van der Waals surface area contributed by atoms with Gasteiger partial charge >= 0.3 is 0 Å². The summed E-state index contributed by atoms with van der Waals surface area (Å²) >= 11 is 0. The first-order valence-electron chi connectivity index (χ1n) is 9.37. The molecule has 0 aromatic heterocycles. The quantitative estimate of drug-likeness (QED) is 0.683. The van der Waals surface area contributed by atoms with Crippen molar-refractivity contribution in [1.29, 1.82) is 0 Å². The minimum atomic E-state index is 0.800. The maximum Gasteiger partial charge on any atom is 0.0480 e. The van der Waals surface area contributed by atoms with Crippen molar-refractivity contribution in [1.82, 2.24) is 9.80 Å². The summed E-state index contributed by atoms with van der Waals surface area (Å²) in [5.74, 6) is 0.966. The summed E-state index contributed by atoms with van der Waals surface area (Å²) in [4.78, 5) is 5.42. The second kappa shape index (κ2) is 9.81. The summed E-state index contributed by atoms with van der Waals surface area (Å²) in [6, 6.07) is 0.800. The molecule has 0 N–H and O–H groups in total. The minimum absolute atomic E-state index is 0.800. The predicted molar refractivity (Wildman–Crippen MR) is 89.8 cm³/mol. The van der Waals surface area contributed by atoms with Crippen molar-refractivity contribution >= 4 is 0 Å². The number of rotatable bonds is 8. The SMILES string of the molecule is CCCC(CCC)CCN1CCN(C2CCOCC2)CC1. The summed E-state index contributed by atoms with van der Waals surface area (Å²) < 4.78 is 5.49. The predicted octanol–water partition coefficient (Wildman–Crippen LogP) is 3.39. The molecule has 0 amide bonds. The third kappa shape index (κ3) is 5.88. The lowest BCUT2D eigenvalue weighted by Crippen LogP contribution is -2.51. The van der Waals surface area contributed by atoms with Gasteiger partial charge in [-0.3, -0.25) is 4.90 Å². The van der Waals surface area contributed by atoms with E-state index in [2.05, 4.69) is 23.6 Å². The molecule has 2 heterocycles. The second-order valence-electron chi connectivity index (χ2n) is 6.95. The first-order chi connectivity index (χ1) is 10.3. The molecule has 2 saturated heterocycles. The molecule has 3 nitrogen and oxygen atoms in total. The van der Waals surface area contributed by atoms with E-state index in [0.29, 0.717) is 0 Å². The highest BCUT2D eigenvalue weighted by Crippen LogP contribution is 2.20. The fraction of sp³-hybridized carbons (Fsp3) is 1.00. The molecule has 0 bridgehead atoms. The fourth-order valence-corrected chi connectivity index (χ4v) is 4.02. The second-order valence-corrected chi connectivity index (χ2v) is 6.95. The number of nitrogens with zero attached hydrogens (tertiary/aromatic N) is 2. The van der Waals surface area contributed by atoms with Crippen LogP contribution in [-0.4, -0.2) is 61.8 Å². The third-order valence-electron chi connectivity index (χ3n) is 5.36. The average molecular weight is 296 g/mol. The molecule has 0 saturated carbocycles. The van der Waals surface area contributed by atoms with Gasteiger partial charge in [-0.25, -0.2) is 0 Å². The van der Waals surface area contributed by atoms with E-state index in [1.165, 1.54) is 77.7 Å². The van der Waals surface area contributed by atoms with Crippen LogP contribution < -0.4 is 0 Å². The van der Waals surface area contributed by atoms with E-state index in [1.807, 2.05) is 0 Å². The van der Waals surface area contributed by atoms with Crippen LogP contribution in [0.25, 0.3) is 0 Å². The van der Waals surface area contributed by atoms with E-state index in [9.17, 15) is 0 Å². The van der Waals surface area contributed by atoms with Crippen molar-refractivity contribution in [2.24, 2.45) is 5.92 Å². The first kappa shape index (κ1) is 17.2. The number of piperazine rings is 1. The monoisotopic (exact) mass is 296 g/mol. The van der Waals surface area contributed by atoms with Crippen molar-refractivity contribution in [3.05, 3.63) is 0 Å². The molecule has 0 aromatic rings. The highest BCUT2D eigenvalue weighted by molar-refractivity contribution is 4.80. The molecular weight excluding hydrogens is 260 g/mol. The van der Waals surface area contributed by atoms with Gasteiger partial charge in [0.2, 0.25) is 0 Å². The third-order valence-corrected chi connectivity index (χ3v) is 5.36. The van der Waals surface area contributed by atoms with Gasteiger partial charge in [0.15, 0.2) is 0 Å². The normalized spacial score (nSPS) is 23.0. The molecule has 0 aromatic carbocycles. The summed E-state index contributed by atoms with van der Waals surface area (Å²) in [5.41, 5.74) is 0. The van der Waals surface area contributed by atoms with Gasteiger partial charge in [-0.1, -0.05) is 39.5 Å². The van der Waals surface area contributed by atoms with Crippen molar-refractivity contribution in [3.8, 4) is 0 Å². The topological polar surface area (TPSA) is 15.7 Å². The van der Waals surface area contributed by atoms with Crippen LogP contribution in [-0.2, 0) is 4.74 Å². The average Bonchev–Trinajstić information content (AvgIpc) is 2.54. The van der Waals surface area contributed by atoms with Crippen molar-refractivity contribution in [2.75, 3.05) is 45.9 Å². The van der Waals surface area contributed by atoms with E-state index in [-0.39, 0.29) is 0 Å². The van der Waals surface area contributed by atoms with Crippen LogP contribution in [0.1, 0.15) is 58.8 Å². The maximum absolute atomic E-state index is 5.49. The molecule has 2 aliphatic rings. The lowest BCUT2D eigenvalue weighted by atomic mass is 9.94. The Morgan fingerprint density at radius 1 is 0.905 bits per heavy atom. The summed E-state index contributed by atoms with van der Waals surface area (Å²) in [6.07, 6.45) is 9.46. The number of hydrogen-bond donors (Lipinski definition) is 0. The number of hydrogen-bond acceptors (Lipinski definition) is 3. The standard InChI is InChI=1S/C18H36N2O/c1-3-5-17(6-4-2)7-10-19-11-13-20(14-12-19)18-8-15-21-16-9-18/h17-18H,3-16H2,1-2H3. The van der Waals surface area contributed by atoms with E-state index < -0.39 is 0 Å². The van der Waals surface area contributed by atoms with Crippen LogP contribution in [0.5, 0.6) is 0 Å². The summed E-state index contributed by atoms with van der Waals surface area (Å²) in [6.45, 7) is 13.0. The molecule has 2 aliphatic heterocycles. The van der Waals surface area contributed by atoms with Crippen LogP contribution in [0.15, 0.2) is 0 Å². The van der Waals surface area contributed by atoms with E-state index in [4.69, 9.17) is 4.74 Å². The van der Waals surface area contributed by atoms with Gasteiger partial charge in [-0.05, 0) is 31.7 Å². The van der Waals surface area contributed by atoms with Crippen molar-refractivity contribution in [2.45, 2.75) is 64.8 Å². The zero-order chi connectivity index (χ0) is 14.9. The van der Waals surface area contributed by atoms with Crippen molar-refractivity contribution in [3.63, 3.8) is 0 Å². The van der Waals surface area contributed by atoms with Crippen LogP contribution in [0, 0.1) is 5.92 Å². The minimum Gasteiger partial charge on any atom is -0.381 e. The Kier molecular flexibility index (Phi) is 8.05. The van der Waals surface area contributed by atoms with Crippen LogP contribution in [0.4, 0.5) is 0 Å². The van der Waals surface area contributed by atoms with Gasteiger partial charge in [0, 0.05) is 45.4 Å². The Morgan fingerprint density at radius 3 is 2.10 bits per heavy atom. The lowest BCUT2D eigenvalue weighted by molar-refractivity contribution is 0.0130. The molecule has 0 aliphatic carbocycles. The fourth-order valence-electron chi connectivity index (χ4n) is 4.02. The van der Waals surface area contributed by atoms with Crippen LogP contribution in [0.2, 0.25) is 0 Å². The highest BCUT2D eigenvalue weighted by atomic mass is 16.5. The first-order valence-corrected chi connectivity index (χ1v) is 9.37. The van der Waals surface area contributed by atoms with Crippen LogP contribution >= 0.6 is 0 Å². The maximum atomic E-state index is 5.49. The molecule has 0 radical (unpaired) electrons. The van der Waals surface area contributed by atoms with Crippen LogP contribution in [0.3, 0.4) is 0 Å².